The minimum absolute atomic E-state index is 0.108. The van der Waals surface area contributed by atoms with Gasteiger partial charge in [-0.3, -0.25) is 0 Å². The Balaban J connectivity index is 2.09. The molecule has 2 rings (SSSR count). The van der Waals surface area contributed by atoms with Gasteiger partial charge in [0.05, 0.1) is 5.02 Å². The normalized spacial score (nSPS) is 12.4. The molecule has 20 heavy (non-hydrogen) atoms. The Hall–Kier alpha value is -0.800. The summed E-state index contributed by atoms with van der Waals surface area (Å²) in [5.74, 6) is -0.438. The van der Waals surface area contributed by atoms with Crippen molar-refractivity contribution >= 4 is 34.8 Å². The van der Waals surface area contributed by atoms with Gasteiger partial charge < -0.3 is 5.73 Å². The summed E-state index contributed by atoms with van der Waals surface area (Å²) in [6, 6.07) is 9.83. The highest BCUT2D eigenvalue weighted by atomic mass is 35.5. The largest absolute Gasteiger partial charge is 0.327 e. The van der Waals surface area contributed by atoms with Gasteiger partial charge in [-0.15, -0.1) is 0 Å². The summed E-state index contributed by atoms with van der Waals surface area (Å²) >= 11 is 17.9. The lowest BCUT2D eigenvalue weighted by molar-refractivity contribution is 0.618. The van der Waals surface area contributed by atoms with Gasteiger partial charge in [-0.1, -0.05) is 46.9 Å². The zero-order chi connectivity index (χ0) is 14.7. The number of hydrogen-bond donors (Lipinski definition) is 1. The zero-order valence-corrected chi connectivity index (χ0v) is 12.8. The lowest BCUT2D eigenvalue weighted by atomic mass is 9.99. The van der Waals surface area contributed by atoms with Crippen LogP contribution in [0.2, 0.25) is 15.1 Å². The molecule has 106 valence electrons. The minimum Gasteiger partial charge on any atom is -0.327 e. The number of benzene rings is 2. The molecule has 0 radical (unpaired) electrons. The van der Waals surface area contributed by atoms with E-state index in [1.807, 2.05) is 0 Å². The molecule has 0 fully saturated rings. The SMILES string of the molecule is NC(Cc1ccc(Cl)c(F)c1)Cc1c(Cl)cccc1Cl. The van der Waals surface area contributed by atoms with Gasteiger partial charge in [0.15, 0.2) is 0 Å². The molecule has 0 saturated carbocycles. The maximum Gasteiger partial charge on any atom is 0.142 e. The highest BCUT2D eigenvalue weighted by Gasteiger charge is 2.12. The fourth-order valence-electron chi connectivity index (χ4n) is 2.03. The Morgan fingerprint density at radius 3 is 2.20 bits per heavy atom. The molecule has 1 nitrogen and oxygen atoms in total. The minimum atomic E-state index is -0.438. The molecule has 0 aliphatic rings. The Morgan fingerprint density at radius 1 is 0.950 bits per heavy atom. The molecule has 2 N–H and O–H groups in total. The highest BCUT2D eigenvalue weighted by Crippen LogP contribution is 2.26. The number of nitrogens with two attached hydrogens (primary N) is 1. The molecular formula is C15H13Cl3FN. The summed E-state index contributed by atoms with van der Waals surface area (Å²) in [5, 5.41) is 1.29. The van der Waals surface area contributed by atoms with Gasteiger partial charge in [0.1, 0.15) is 5.82 Å². The second-order valence-electron chi connectivity index (χ2n) is 4.62. The van der Waals surface area contributed by atoms with Crippen molar-refractivity contribution in [2.45, 2.75) is 18.9 Å². The summed E-state index contributed by atoms with van der Waals surface area (Å²) in [5.41, 5.74) is 7.70. The molecule has 2 aromatic carbocycles. The van der Waals surface area contributed by atoms with Gasteiger partial charge in [-0.25, -0.2) is 4.39 Å². The maximum atomic E-state index is 13.4. The van der Waals surface area contributed by atoms with E-state index in [4.69, 9.17) is 40.5 Å². The Kier molecular flexibility index (Phi) is 5.28. The summed E-state index contributed by atoms with van der Waals surface area (Å²) in [6.45, 7) is 0. The van der Waals surface area contributed by atoms with Crippen molar-refractivity contribution in [2.24, 2.45) is 5.73 Å². The van der Waals surface area contributed by atoms with Crippen LogP contribution in [0.15, 0.2) is 36.4 Å². The molecule has 0 spiro atoms. The molecule has 0 amide bonds. The Bertz CT molecular complexity index is 596. The van der Waals surface area contributed by atoms with Gasteiger partial charge in [-0.2, -0.15) is 0 Å². The maximum absolute atomic E-state index is 13.4. The van der Waals surface area contributed by atoms with Gasteiger partial charge >= 0.3 is 0 Å². The number of hydrogen-bond acceptors (Lipinski definition) is 1. The fraction of sp³-hybridized carbons (Fsp3) is 0.200. The van der Waals surface area contributed by atoms with Crippen LogP contribution < -0.4 is 5.73 Å². The molecule has 1 unspecified atom stereocenters. The average molecular weight is 333 g/mol. The molecule has 0 aliphatic heterocycles. The van der Waals surface area contributed by atoms with Crippen LogP contribution in [0.1, 0.15) is 11.1 Å². The summed E-state index contributed by atoms with van der Waals surface area (Å²) < 4.78 is 13.4. The predicted octanol–water partition coefficient (Wildman–Crippen LogP) is 4.90. The van der Waals surface area contributed by atoms with Crippen molar-refractivity contribution in [3.8, 4) is 0 Å². The number of halogens is 4. The molecular weight excluding hydrogens is 320 g/mol. The Morgan fingerprint density at radius 2 is 1.60 bits per heavy atom. The topological polar surface area (TPSA) is 26.0 Å². The number of rotatable bonds is 4. The van der Waals surface area contributed by atoms with E-state index in [0.717, 1.165) is 11.1 Å². The van der Waals surface area contributed by atoms with E-state index >= 15 is 0 Å². The van der Waals surface area contributed by atoms with Crippen molar-refractivity contribution in [1.82, 2.24) is 0 Å². The fourth-order valence-corrected chi connectivity index (χ4v) is 2.70. The van der Waals surface area contributed by atoms with Crippen LogP contribution in [0, 0.1) is 5.82 Å². The van der Waals surface area contributed by atoms with Crippen LogP contribution in [-0.2, 0) is 12.8 Å². The third-order valence-corrected chi connectivity index (χ3v) is 4.02. The monoisotopic (exact) mass is 331 g/mol. The van der Waals surface area contributed by atoms with Gasteiger partial charge in [0.2, 0.25) is 0 Å². The van der Waals surface area contributed by atoms with Gasteiger partial charge in [0.25, 0.3) is 0 Å². The van der Waals surface area contributed by atoms with Crippen molar-refractivity contribution in [2.75, 3.05) is 0 Å². The summed E-state index contributed by atoms with van der Waals surface area (Å²) in [6.07, 6.45) is 1.05. The molecule has 1 atom stereocenters. The second-order valence-corrected chi connectivity index (χ2v) is 5.84. The first-order valence-electron chi connectivity index (χ1n) is 6.09. The van der Waals surface area contributed by atoms with Crippen molar-refractivity contribution in [1.29, 1.82) is 0 Å². The second kappa shape index (κ2) is 6.77. The standard InChI is InChI=1S/C15H13Cl3FN/c16-12-2-1-3-13(17)11(12)8-10(20)6-9-4-5-14(18)15(19)7-9/h1-5,7,10H,6,8,20H2. The molecule has 0 saturated heterocycles. The summed E-state index contributed by atoms with van der Waals surface area (Å²) in [4.78, 5) is 0. The first-order chi connectivity index (χ1) is 9.47. The molecule has 0 bridgehead atoms. The van der Waals surface area contributed by atoms with Crippen LogP contribution in [0.3, 0.4) is 0 Å². The Labute approximate surface area is 132 Å². The van der Waals surface area contributed by atoms with E-state index in [0.29, 0.717) is 22.9 Å². The van der Waals surface area contributed by atoms with E-state index in [-0.39, 0.29) is 11.1 Å². The van der Waals surface area contributed by atoms with Crippen LogP contribution >= 0.6 is 34.8 Å². The molecule has 5 heteroatoms. The van der Waals surface area contributed by atoms with Gasteiger partial charge in [-0.05, 0) is 48.2 Å². The van der Waals surface area contributed by atoms with Crippen LogP contribution in [0.25, 0.3) is 0 Å². The lowest BCUT2D eigenvalue weighted by Crippen LogP contribution is -2.25. The smallest absolute Gasteiger partial charge is 0.142 e. The average Bonchev–Trinajstić information content (AvgIpc) is 2.38. The van der Waals surface area contributed by atoms with E-state index in [1.54, 1.807) is 24.3 Å². The van der Waals surface area contributed by atoms with Crippen LogP contribution in [-0.4, -0.2) is 6.04 Å². The predicted molar refractivity (Wildman–Crippen MR) is 83.3 cm³/mol. The summed E-state index contributed by atoms with van der Waals surface area (Å²) in [7, 11) is 0. The van der Waals surface area contributed by atoms with Crippen molar-refractivity contribution in [3.05, 3.63) is 68.4 Å². The molecule has 0 aromatic heterocycles. The molecule has 0 aliphatic carbocycles. The third kappa shape index (κ3) is 3.86. The first-order valence-corrected chi connectivity index (χ1v) is 7.23. The van der Waals surface area contributed by atoms with Crippen LogP contribution in [0.5, 0.6) is 0 Å². The van der Waals surface area contributed by atoms with Crippen molar-refractivity contribution in [3.63, 3.8) is 0 Å². The molecule has 0 heterocycles. The highest BCUT2D eigenvalue weighted by molar-refractivity contribution is 6.36. The zero-order valence-electron chi connectivity index (χ0n) is 10.5. The van der Waals surface area contributed by atoms with E-state index in [9.17, 15) is 4.39 Å². The first kappa shape index (κ1) is 15.6. The quantitative estimate of drug-likeness (QED) is 0.847. The van der Waals surface area contributed by atoms with E-state index < -0.39 is 5.82 Å². The van der Waals surface area contributed by atoms with Gasteiger partial charge in [0, 0.05) is 16.1 Å². The third-order valence-electron chi connectivity index (χ3n) is 3.01. The molecule has 2 aromatic rings. The lowest BCUT2D eigenvalue weighted by Gasteiger charge is -2.14. The van der Waals surface area contributed by atoms with E-state index in [1.165, 1.54) is 12.1 Å². The van der Waals surface area contributed by atoms with E-state index in [2.05, 4.69) is 0 Å². The van der Waals surface area contributed by atoms with Crippen LogP contribution in [0.4, 0.5) is 4.39 Å². The van der Waals surface area contributed by atoms with Crippen molar-refractivity contribution < 1.29 is 4.39 Å².